The molecule has 160 valence electrons. The maximum Gasteiger partial charge on any atom is 4.00 e. The largest absolute Gasteiger partial charge is 4.00 e. The molecule has 29 heavy (non-hydrogen) atoms. The molecule has 0 fully saturated rings. The summed E-state index contributed by atoms with van der Waals surface area (Å²) in [5, 5.41) is 0. The molecule has 2 rings (SSSR count). The van der Waals surface area contributed by atoms with Gasteiger partial charge in [0.2, 0.25) is 0 Å². The van der Waals surface area contributed by atoms with Gasteiger partial charge in [-0.2, -0.15) is 35.4 Å². The quantitative estimate of drug-likeness (QED) is 0.164. The molecule has 0 aromatic heterocycles. The Kier molecular flexibility index (Phi) is 17.5. The van der Waals surface area contributed by atoms with Gasteiger partial charge in [0.15, 0.2) is 0 Å². The van der Waals surface area contributed by atoms with Crippen LogP contribution in [0.5, 0.6) is 0 Å². The summed E-state index contributed by atoms with van der Waals surface area (Å²) in [6.07, 6.45) is 2.13. The van der Waals surface area contributed by atoms with E-state index in [9.17, 15) is 0 Å². The van der Waals surface area contributed by atoms with E-state index < -0.39 is 16.1 Å². The van der Waals surface area contributed by atoms with Gasteiger partial charge >= 0.3 is 25.8 Å². The molecule has 0 unspecified atom stereocenters. The van der Waals surface area contributed by atoms with Crippen LogP contribution in [0.3, 0.4) is 0 Å². The van der Waals surface area contributed by atoms with Crippen LogP contribution in [0.25, 0.3) is 0 Å². The Morgan fingerprint density at radius 2 is 0.862 bits per heavy atom. The second-order valence-electron chi connectivity index (χ2n) is 9.91. The summed E-state index contributed by atoms with van der Waals surface area (Å²) in [5.74, 6) is 0. The third kappa shape index (κ3) is 18.0. The van der Waals surface area contributed by atoms with Crippen molar-refractivity contribution in [1.82, 2.24) is 0 Å². The van der Waals surface area contributed by atoms with E-state index in [1.54, 1.807) is 0 Å². The molecule has 0 aliphatic rings. The van der Waals surface area contributed by atoms with Crippen LogP contribution in [-0.4, -0.2) is 16.1 Å². The van der Waals surface area contributed by atoms with Gasteiger partial charge in [-0.1, -0.05) is 63.3 Å². The van der Waals surface area contributed by atoms with Gasteiger partial charge in [-0.05, 0) is 12.1 Å². The number of rotatable bonds is 8. The van der Waals surface area contributed by atoms with Crippen molar-refractivity contribution in [3.8, 4) is 0 Å². The molecule has 0 nitrogen and oxygen atoms in total. The molecule has 2 aromatic rings. The molecule has 0 radical (unpaired) electrons. The molecule has 0 heterocycles. The molecule has 0 aliphatic heterocycles. The van der Waals surface area contributed by atoms with Crippen LogP contribution in [-0.2, 0) is 38.7 Å². The smallest absolute Gasteiger partial charge is 0.358 e. The molecule has 3 heteroatoms. The summed E-state index contributed by atoms with van der Waals surface area (Å²) < 4.78 is 0. The third-order valence-electron chi connectivity index (χ3n) is 3.93. The summed E-state index contributed by atoms with van der Waals surface area (Å²) in [7, 11) is -1.91. The van der Waals surface area contributed by atoms with Gasteiger partial charge in [-0.3, -0.25) is 0 Å². The van der Waals surface area contributed by atoms with Crippen LogP contribution in [0.4, 0.5) is 0 Å². The Balaban J connectivity index is -0.000000422. The molecular formula is C26H44HfSi2. The Bertz CT molecular complexity index is 590. The van der Waals surface area contributed by atoms with Gasteiger partial charge in [0, 0.05) is 16.1 Å². The van der Waals surface area contributed by atoms with E-state index in [-0.39, 0.29) is 40.7 Å². The first kappa shape index (κ1) is 33.1. The fourth-order valence-electron chi connectivity index (χ4n) is 3.27. The van der Waals surface area contributed by atoms with Crippen molar-refractivity contribution in [2.45, 2.75) is 64.2 Å². The van der Waals surface area contributed by atoms with Crippen LogP contribution in [0, 0.1) is 14.9 Å². The van der Waals surface area contributed by atoms with Gasteiger partial charge < -0.3 is 14.9 Å². The molecular weight excluding hydrogens is 547 g/mol. The molecule has 0 bridgehead atoms. The third-order valence-corrected chi connectivity index (χ3v) is 7.05. The van der Waals surface area contributed by atoms with E-state index in [1.807, 2.05) is 0 Å². The predicted molar refractivity (Wildman–Crippen MR) is 139 cm³/mol. The average Bonchev–Trinajstić information content (AvgIpc) is 3.08. The summed E-state index contributed by atoms with van der Waals surface area (Å²) >= 11 is 0. The van der Waals surface area contributed by atoms with Gasteiger partial charge in [-0.25, -0.2) is 24.3 Å². The van der Waals surface area contributed by atoms with E-state index in [2.05, 4.69) is 101 Å². The first-order valence-electron chi connectivity index (χ1n) is 9.69. The molecule has 0 saturated carbocycles. The zero-order chi connectivity index (χ0) is 19.8. The molecule has 0 saturated heterocycles. The summed E-state index contributed by atoms with van der Waals surface area (Å²) in [6, 6.07) is 19.6. The van der Waals surface area contributed by atoms with Crippen molar-refractivity contribution in [2.24, 2.45) is 0 Å². The van der Waals surface area contributed by atoms with Crippen LogP contribution in [0.15, 0.2) is 72.8 Å². The van der Waals surface area contributed by atoms with Crippen LogP contribution < -0.4 is 0 Å². The number of hydrogen-bond acceptors (Lipinski definition) is 0. The van der Waals surface area contributed by atoms with Crippen molar-refractivity contribution in [2.75, 3.05) is 0 Å². The van der Waals surface area contributed by atoms with Crippen molar-refractivity contribution < 1.29 is 25.8 Å². The average molecular weight is 591 g/mol. The Hall–Kier alpha value is -0.516. The molecule has 0 atom stereocenters. The minimum atomic E-state index is -0.953. The summed E-state index contributed by atoms with van der Waals surface area (Å²) in [4.78, 5) is 0. The second kappa shape index (κ2) is 15.3. The van der Waals surface area contributed by atoms with Crippen molar-refractivity contribution in [3.05, 3.63) is 98.8 Å². The normalized spacial score (nSPS) is 10.4. The van der Waals surface area contributed by atoms with Crippen LogP contribution in [0.1, 0.15) is 11.1 Å². The van der Waals surface area contributed by atoms with Gasteiger partial charge in [-0.15, -0.1) is 13.2 Å². The second-order valence-corrected chi connectivity index (χ2v) is 20.9. The summed E-state index contributed by atoms with van der Waals surface area (Å²) in [6.45, 7) is 22.7. The molecule has 2 aromatic carbocycles. The van der Waals surface area contributed by atoms with E-state index in [0.717, 1.165) is 12.8 Å². The van der Waals surface area contributed by atoms with Gasteiger partial charge in [0.05, 0.1) is 0 Å². The number of allylic oxidation sites excluding steroid dienone is 2. The molecule has 0 spiro atoms. The van der Waals surface area contributed by atoms with Crippen LogP contribution >= 0.6 is 0 Å². The maximum atomic E-state index is 4.15. The standard InChI is InChI=1S/2C12H19Si.2CH3.Hf/c2*1-11(10-13(2,3)4)9-12-7-5-6-8-12;;;/h2*5-8H,1,9-10H2,2-4H3;2*1H3;/q4*-1;+4. The first-order chi connectivity index (χ1) is 11.9. The zero-order valence-electron chi connectivity index (χ0n) is 20.4. The zero-order valence-corrected chi connectivity index (χ0v) is 26.0. The number of hydrogen-bond donors (Lipinski definition) is 0. The van der Waals surface area contributed by atoms with E-state index in [1.165, 1.54) is 34.4 Å². The minimum Gasteiger partial charge on any atom is -0.358 e. The molecule has 0 N–H and O–H groups in total. The fourth-order valence-corrected chi connectivity index (χ4v) is 6.52. The molecule has 0 amide bonds. The van der Waals surface area contributed by atoms with Crippen molar-refractivity contribution in [3.63, 3.8) is 0 Å². The van der Waals surface area contributed by atoms with Gasteiger partial charge in [0.1, 0.15) is 0 Å². The minimum absolute atomic E-state index is 0. The topological polar surface area (TPSA) is 0 Å². The first-order valence-corrected chi connectivity index (χ1v) is 17.1. The van der Waals surface area contributed by atoms with E-state index in [4.69, 9.17) is 0 Å². The van der Waals surface area contributed by atoms with Crippen molar-refractivity contribution in [1.29, 1.82) is 0 Å². The summed E-state index contributed by atoms with van der Waals surface area (Å²) in [5.41, 5.74) is 5.60. The SMILES string of the molecule is C=C(C[c-]1cccc1)C[Si](C)(C)C.C=C(C[c-]1cccc1)C[Si](C)(C)C.[CH3-].[CH3-].[Hf+4]. The van der Waals surface area contributed by atoms with Crippen molar-refractivity contribution >= 4 is 16.1 Å². The predicted octanol–water partition coefficient (Wildman–Crippen LogP) is 8.58. The van der Waals surface area contributed by atoms with Crippen LogP contribution in [0.2, 0.25) is 51.4 Å². The Labute approximate surface area is 204 Å². The Morgan fingerprint density at radius 3 is 1.07 bits per heavy atom. The Morgan fingerprint density at radius 1 is 0.621 bits per heavy atom. The van der Waals surface area contributed by atoms with E-state index >= 15 is 0 Å². The van der Waals surface area contributed by atoms with Gasteiger partial charge in [0.25, 0.3) is 0 Å². The maximum absolute atomic E-state index is 4.15. The monoisotopic (exact) mass is 592 g/mol. The van der Waals surface area contributed by atoms with E-state index in [0.29, 0.717) is 0 Å². The molecule has 0 aliphatic carbocycles. The fraction of sp³-hybridized carbons (Fsp3) is 0.385.